The van der Waals surface area contributed by atoms with Gasteiger partial charge in [-0.05, 0) is 48.5 Å². The minimum Gasteiger partial charge on any atom is -0.459 e. The van der Waals surface area contributed by atoms with Crippen molar-refractivity contribution < 1.29 is 18.7 Å². The van der Waals surface area contributed by atoms with Gasteiger partial charge in [-0.25, -0.2) is 9.78 Å². The highest BCUT2D eigenvalue weighted by atomic mass is 35.5. The monoisotopic (exact) mass is 390 g/mol. The highest BCUT2D eigenvalue weighted by molar-refractivity contribution is 6.32. The lowest BCUT2D eigenvalue weighted by molar-refractivity contribution is 0.0468. The summed E-state index contributed by atoms with van der Waals surface area (Å²) in [5, 5.41) is 3.28. The average molecular weight is 391 g/mol. The molecule has 1 N–H and O–H groups in total. The van der Waals surface area contributed by atoms with E-state index >= 15 is 0 Å². The summed E-state index contributed by atoms with van der Waals surface area (Å²) in [4.78, 5) is 28.0. The molecule has 3 aromatic rings. The van der Waals surface area contributed by atoms with Crippen LogP contribution in [-0.2, 0) is 11.3 Å². The van der Waals surface area contributed by atoms with E-state index in [-0.39, 0.29) is 23.4 Å². The molecule has 6 nitrogen and oxygen atoms in total. The zero-order valence-corrected chi connectivity index (χ0v) is 14.8. The normalized spacial score (nSPS) is 10.4. The summed E-state index contributed by atoms with van der Waals surface area (Å²) in [6.07, 6.45) is 1.41. The van der Waals surface area contributed by atoms with Gasteiger partial charge >= 0.3 is 5.97 Å². The first-order valence-corrected chi connectivity index (χ1v) is 8.21. The predicted molar refractivity (Wildman–Crippen MR) is 96.5 cm³/mol. The van der Waals surface area contributed by atoms with E-state index in [0.717, 1.165) is 0 Å². The number of amides is 1. The molecule has 0 radical (unpaired) electrons. The number of ether oxygens (including phenoxy) is 1. The number of hydrogen-bond donors (Lipinski definition) is 1. The van der Waals surface area contributed by atoms with Crippen molar-refractivity contribution in [1.29, 1.82) is 0 Å². The Hall–Kier alpha value is -2.83. The Kier molecular flexibility index (Phi) is 5.55. The lowest BCUT2D eigenvalue weighted by Gasteiger charge is -2.07. The summed E-state index contributed by atoms with van der Waals surface area (Å²) < 4.78 is 10.2. The summed E-state index contributed by atoms with van der Waals surface area (Å²) >= 11 is 11.8. The van der Waals surface area contributed by atoms with Gasteiger partial charge in [0, 0.05) is 5.69 Å². The van der Waals surface area contributed by atoms with Crippen LogP contribution in [0.25, 0.3) is 0 Å². The number of hydrogen-bond acceptors (Lipinski definition) is 5. The number of carbonyl (C=O) groups is 2. The molecular formula is C18H12Cl2N2O4. The van der Waals surface area contributed by atoms with Gasteiger partial charge in [-0.1, -0.05) is 23.2 Å². The molecule has 0 fully saturated rings. The Balaban J connectivity index is 1.60. The molecule has 0 aliphatic heterocycles. The van der Waals surface area contributed by atoms with Crippen molar-refractivity contribution in [1.82, 2.24) is 4.98 Å². The molecule has 2 heterocycles. The molecule has 26 heavy (non-hydrogen) atoms. The van der Waals surface area contributed by atoms with Gasteiger partial charge in [0.05, 0.1) is 22.5 Å². The zero-order chi connectivity index (χ0) is 18.5. The standard InChI is InChI=1S/C18H12Cl2N2O4/c19-13-7-8-16(20)22-14(13)10-26-18(24)11-3-5-12(6-4-11)21-17(23)15-2-1-9-25-15/h1-9H,10H2,(H,21,23). The maximum atomic E-state index is 12.1. The van der Waals surface area contributed by atoms with Crippen molar-refractivity contribution in [2.24, 2.45) is 0 Å². The maximum Gasteiger partial charge on any atom is 0.338 e. The summed E-state index contributed by atoms with van der Waals surface area (Å²) in [5.41, 5.74) is 1.21. The molecule has 0 saturated heterocycles. The van der Waals surface area contributed by atoms with Crippen molar-refractivity contribution >= 4 is 40.8 Å². The van der Waals surface area contributed by atoms with Gasteiger partial charge < -0.3 is 14.5 Å². The topological polar surface area (TPSA) is 81.4 Å². The van der Waals surface area contributed by atoms with Gasteiger partial charge in [0.1, 0.15) is 11.8 Å². The van der Waals surface area contributed by atoms with E-state index in [2.05, 4.69) is 10.3 Å². The van der Waals surface area contributed by atoms with Crippen LogP contribution >= 0.6 is 23.2 Å². The molecule has 0 bridgehead atoms. The van der Waals surface area contributed by atoms with E-state index < -0.39 is 5.97 Å². The molecule has 1 amide bonds. The fourth-order valence-corrected chi connectivity index (χ4v) is 2.39. The molecule has 0 unspecified atom stereocenters. The molecule has 2 aromatic heterocycles. The van der Waals surface area contributed by atoms with Gasteiger partial charge in [0.2, 0.25) is 0 Å². The number of furan rings is 1. The first kappa shape index (κ1) is 18.0. The Morgan fingerprint density at radius 2 is 1.85 bits per heavy atom. The molecule has 3 rings (SSSR count). The molecule has 0 spiro atoms. The molecule has 0 aliphatic rings. The third-order valence-electron chi connectivity index (χ3n) is 3.35. The van der Waals surface area contributed by atoms with Crippen molar-refractivity contribution in [3.05, 3.63) is 82.0 Å². The number of rotatable bonds is 5. The van der Waals surface area contributed by atoms with E-state index in [0.29, 0.717) is 22.0 Å². The number of esters is 1. The second kappa shape index (κ2) is 8.03. The van der Waals surface area contributed by atoms with Crippen LogP contribution in [0.4, 0.5) is 5.69 Å². The zero-order valence-electron chi connectivity index (χ0n) is 13.2. The number of carbonyl (C=O) groups excluding carboxylic acids is 2. The van der Waals surface area contributed by atoms with Crippen LogP contribution in [0.1, 0.15) is 26.6 Å². The largest absolute Gasteiger partial charge is 0.459 e. The van der Waals surface area contributed by atoms with Crippen LogP contribution < -0.4 is 5.32 Å². The smallest absolute Gasteiger partial charge is 0.338 e. The van der Waals surface area contributed by atoms with Crippen LogP contribution in [0.3, 0.4) is 0 Å². The van der Waals surface area contributed by atoms with E-state index in [1.807, 2.05) is 0 Å². The van der Waals surface area contributed by atoms with Crippen LogP contribution in [0.2, 0.25) is 10.2 Å². The van der Waals surface area contributed by atoms with Crippen LogP contribution in [-0.4, -0.2) is 16.9 Å². The van der Waals surface area contributed by atoms with Crippen molar-refractivity contribution in [2.45, 2.75) is 6.61 Å². The molecule has 0 aliphatic carbocycles. The number of anilines is 1. The maximum absolute atomic E-state index is 12.1. The molecule has 1 aromatic carbocycles. The SMILES string of the molecule is O=C(OCc1nc(Cl)ccc1Cl)c1ccc(NC(=O)c2ccco2)cc1. The van der Waals surface area contributed by atoms with E-state index in [9.17, 15) is 9.59 Å². The first-order chi connectivity index (χ1) is 12.5. The Morgan fingerprint density at radius 1 is 1.08 bits per heavy atom. The second-order valence-electron chi connectivity index (χ2n) is 5.15. The van der Waals surface area contributed by atoms with E-state index in [1.165, 1.54) is 18.4 Å². The lowest BCUT2D eigenvalue weighted by atomic mass is 10.2. The Bertz CT molecular complexity index is 925. The van der Waals surface area contributed by atoms with Gasteiger partial charge in [-0.3, -0.25) is 4.79 Å². The highest BCUT2D eigenvalue weighted by Crippen LogP contribution is 2.18. The Morgan fingerprint density at radius 3 is 2.54 bits per heavy atom. The molecule has 132 valence electrons. The fraction of sp³-hybridized carbons (Fsp3) is 0.0556. The predicted octanol–water partition coefficient (Wildman–Crippen LogP) is 4.59. The summed E-state index contributed by atoms with van der Waals surface area (Å²) in [5.74, 6) is -0.738. The summed E-state index contributed by atoms with van der Waals surface area (Å²) in [6.45, 7) is -0.102. The summed E-state index contributed by atoms with van der Waals surface area (Å²) in [7, 11) is 0. The first-order valence-electron chi connectivity index (χ1n) is 7.46. The molecule has 0 saturated carbocycles. The van der Waals surface area contributed by atoms with Crippen LogP contribution in [0.5, 0.6) is 0 Å². The quantitative estimate of drug-likeness (QED) is 0.508. The van der Waals surface area contributed by atoms with Crippen molar-refractivity contribution in [3.8, 4) is 0 Å². The minimum atomic E-state index is -0.549. The Labute approximate surface area is 158 Å². The number of aromatic nitrogens is 1. The summed E-state index contributed by atoms with van der Waals surface area (Å²) in [6, 6.07) is 12.5. The van der Waals surface area contributed by atoms with E-state index in [4.69, 9.17) is 32.4 Å². The van der Waals surface area contributed by atoms with Gasteiger partial charge in [-0.2, -0.15) is 0 Å². The number of benzene rings is 1. The van der Waals surface area contributed by atoms with Crippen molar-refractivity contribution in [3.63, 3.8) is 0 Å². The average Bonchev–Trinajstić information content (AvgIpc) is 3.18. The number of nitrogens with one attached hydrogen (secondary N) is 1. The second-order valence-corrected chi connectivity index (χ2v) is 5.94. The van der Waals surface area contributed by atoms with E-state index in [1.54, 1.807) is 36.4 Å². The van der Waals surface area contributed by atoms with Crippen molar-refractivity contribution in [2.75, 3.05) is 5.32 Å². The lowest BCUT2D eigenvalue weighted by Crippen LogP contribution is -2.11. The molecule has 8 heteroatoms. The van der Waals surface area contributed by atoms with Gasteiger partial charge in [0.15, 0.2) is 5.76 Å². The molecular weight excluding hydrogens is 379 g/mol. The molecule has 0 atom stereocenters. The number of nitrogens with zero attached hydrogens (tertiary/aromatic N) is 1. The van der Waals surface area contributed by atoms with Crippen LogP contribution in [0, 0.1) is 0 Å². The van der Waals surface area contributed by atoms with Gasteiger partial charge in [-0.15, -0.1) is 0 Å². The fourth-order valence-electron chi connectivity index (χ4n) is 2.07. The van der Waals surface area contributed by atoms with Gasteiger partial charge in [0.25, 0.3) is 5.91 Å². The van der Waals surface area contributed by atoms with Crippen LogP contribution in [0.15, 0.2) is 59.2 Å². The number of halogens is 2. The third kappa shape index (κ3) is 4.41. The minimum absolute atomic E-state index is 0.102. The number of pyridine rings is 1. The highest BCUT2D eigenvalue weighted by Gasteiger charge is 2.12. The third-order valence-corrected chi connectivity index (χ3v) is 3.90.